The molecule has 0 heterocycles. The van der Waals surface area contributed by atoms with E-state index in [0.717, 1.165) is 25.0 Å². The Bertz CT molecular complexity index is 377. The van der Waals surface area contributed by atoms with Crippen LogP contribution in [0.3, 0.4) is 0 Å². The molecule has 3 nitrogen and oxygen atoms in total. The van der Waals surface area contributed by atoms with Crippen LogP contribution in [-0.4, -0.2) is 39.7 Å². The average molecular weight is 287 g/mol. The monoisotopic (exact) mass is 286 g/mol. The smallest absolute Gasteiger partial charge is 0.186 e. The van der Waals surface area contributed by atoms with E-state index >= 15 is 0 Å². The van der Waals surface area contributed by atoms with E-state index in [1.807, 2.05) is 21.0 Å². The highest BCUT2D eigenvalue weighted by molar-refractivity contribution is 6.71. The van der Waals surface area contributed by atoms with Gasteiger partial charge in [0.2, 0.25) is 0 Å². The van der Waals surface area contributed by atoms with E-state index in [4.69, 9.17) is 7.17 Å². The van der Waals surface area contributed by atoms with Gasteiger partial charge < -0.3 is 9.43 Å². The predicted octanol–water partition coefficient (Wildman–Crippen LogP) is 3.97. The van der Waals surface area contributed by atoms with Crippen LogP contribution in [0.2, 0.25) is 19.1 Å². The molecule has 1 rings (SSSR count). The molecule has 1 aliphatic carbocycles. The zero-order valence-corrected chi connectivity index (χ0v) is 14.5. The fraction of sp³-hybridized carbons (Fsp3) is 0.933. The summed E-state index contributed by atoms with van der Waals surface area (Å²) in [6.45, 7) is 8.99. The Hall–Kier alpha value is -0.353. The standard InChI is InChI=1S/C15H32N2OSi/c1-7-18-19(5,6)12-11-14-10-8-9-13(2)15(14)16-17(3)4/h13-14H,7-12H2,1-6H3/b16-15+/t13-,14-/m1/s1/i12D,14D/t12?,13-,14-. The van der Waals surface area contributed by atoms with Gasteiger partial charge in [0, 0.05) is 29.2 Å². The molecule has 19 heavy (non-hydrogen) atoms. The Kier molecular flexibility index (Phi) is 5.33. The fourth-order valence-electron chi connectivity index (χ4n) is 2.63. The number of hydrazone groups is 1. The van der Waals surface area contributed by atoms with Gasteiger partial charge in [-0.05, 0) is 57.1 Å². The van der Waals surface area contributed by atoms with Crippen molar-refractivity contribution < 1.29 is 7.17 Å². The van der Waals surface area contributed by atoms with E-state index in [9.17, 15) is 0 Å². The topological polar surface area (TPSA) is 24.8 Å². The Morgan fingerprint density at radius 2 is 2.16 bits per heavy atom. The fourth-order valence-corrected chi connectivity index (χ4v) is 4.23. The second-order valence-corrected chi connectivity index (χ2v) is 10.1. The molecule has 0 aromatic carbocycles. The van der Waals surface area contributed by atoms with E-state index in [-0.39, 0.29) is 6.02 Å². The van der Waals surface area contributed by atoms with Gasteiger partial charge in [0.05, 0.1) is 0 Å². The third-order valence-corrected chi connectivity index (χ3v) is 5.83. The highest BCUT2D eigenvalue weighted by atomic mass is 28.4. The molecule has 1 saturated carbocycles. The van der Waals surface area contributed by atoms with Gasteiger partial charge >= 0.3 is 0 Å². The SMILES string of the molecule is [2H]C(C[C@@]1([2H])CCC[C@@H](C)/C1=N\N(C)C)[Si](C)(C)OCC. The maximum Gasteiger partial charge on any atom is 0.186 e. The van der Waals surface area contributed by atoms with Crippen LogP contribution in [0.15, 0.2) is 5.10 Å². The summed E-state index contributed by atoms with van der Waals surface area (Å²) in [7, 11) is 1.77. The van der Waals surface area contributed by atoms with Gasteiger partial charge in [-0.2, -0.15) is 5.10 Å². The first-order chi connectivity index (χ1) is 9.62. The van der Waals surface area contributed by atoms with Crippen molar-refractivity contribution >= 4 is 14.0 Å². The molecule has 0 saturated heterocycles. The minimum atomic E-state index is -2.05. The van der Waals surface area contributed by atoms with Crippen molar-refractivity contribution in [1.29, 1.82) is 0 Å². The summed E-state index contributed by atoms with van der Waals surface area (Å²) in [4.78, 5) is 0. The van der Waals surface area contributed by atoms with Crippen LogP contribution in [0.25, 0.3) is 0 Å². The molecule has 0 bridgehead atoms. The quantitative estimate of drug-likeness (QED) is 0.545. The normalized spacial score (nSPS) is 33.8. The van der Waals surface area contributed by atoms with Gasteiger partial charge in [-0.1, -0.05) is 13.3 Å². The molecule has 0 N–H and O–H groups in total. The maximum absolute atomic E-state index is 8.93. The Labute approximate surface area is 123 Å². The number of hydrogen-bond donors (Lipinski definition) is 0. The van der Waals surface area contributed by atoms with Crippen LogP contribution in [0, 0.1) is 11.8 Å². The van der Waals surface area contributed by atoms with Gasteiger partial charge in [-0.25, -0.2) is 0 Å². The first kappa shape index (κ1) is 13.6. The lowest BCUT2D eigenvalue weighted by atomic mass is 9.79. The van der Waals surface area contributed by atoms with Crippen LogP contribution in [0.5, 0.6) is 0 Å². The second-order valence-electron chi connectivity index (χ2n) is 6.17. The third-order valence-electron chi connectivity index (χ3n) is 3.61. The first-order valence-electron chi connectivity index (χ1n) is 8.52. The van der Waals surface area contributed by atoms with Gasteiger partial charge in [0.1, 0.15) is 0 Å². The summed E-state index contributed by atoms with van der Waals surface area (Å²) in [5.74, 6) is -0.363. The zero-order chi connectivity index (χ0) is 16.3. The van der Waals surface area contributed by atoms with Crippen LogP contribution in [0.4, 0.5) is 0 Å². The van der Waals surface area contributed by atoms with Crippen LogP contribution < -0.4 is 0 Å². The summed E-state index contributed by atoms with van der Waals surface area (Å²) >= 11 is 0. The molecular formula is C15H32N2OSi. The van der Waals surface area contributed by atoms with Crippen molar-refractivity contribution in [1.82, 2.24) is 5.01 Å². The molecule has 4 heteroatoms. The summed E-state index contributed by atoms with van der Waals surface area (Å²) in [5, 5.41) is 6.40. The lowest BCUT2D eigenvalue weighted by Gasteiger charge is -2.32. The van der Waals surface area contributed by atoms with Gasteiger partial charge in [0.15, 0.2) is 8.32 Å². The highest BCUT2D eigenvalue weighted by Gasteiger charge is 2.30. The minimum Gasteiger partial charge on any atom is -0.418 e. The van der Waals surface area contributed by atoms with Crippen LogP contribution in [0.1, 0.15) is 42.3 Å². The van der Waals surface area contributed by atoms with E-state index in [1.165, 1.54) is 0 Å². The van der Waals surface area contributed by atoms with Crippen LogP contribution >= 0.6 is 0 Å². The third kappa shape index (κ3) is 5.65. The number of nitrogens with zero attached hydrogens (tertiary/aromatic N) is 2. The summed E-state index contributed by atoms with van der Waals surface area (Å²) < 4.78 is 23.3. The van der Waals surface area contributed by atoms with E-state index in [1.54, 1.807) is 5.01 Å². The average Bonchev–Trinajstić information content (AvgIpc) is 2.33. The maximum atomic E-state index is 8.93. The molecule has 0 amide bonds. The molecule has 1 unspecified atom stereocenters. The van der Waals surface area contributed by atoms with E-state index in [0.29, 0.717) is 18.9 Å². The van der Waals surface area contributed by atoms with E-state index in [2.05, 4.69) is 25.1 Å². The van der Waals surface area contributed by atoms with Crippen molar-refractivity contribution in [3.05, 3.63) is 0 Å². The molecule has 0 radical (unpaired) electrons. The number of rotatable bonds is 6. The van der Waals surface area contributed by atoms with Gasteiger partial charge in [-0.3, -0.25) is 0 Å². The van der Waals surface area contributed by atoms with Crippen LogP contribution in [-0.2, 0) is 4.43 Å². The molecule has 0 spiro atoms. The molecule has 0 aliphatic heterocycles. The molecule has 1 aliphatic rings. The Morgan fingerprint density at radius 3 is 2.74 bits per heavy atom. The predicted molar refractivity (Wildman–Crippen MR) is 86.2 cm³/mol. The molecule has 3 atom stereocenters. The molecular weight excluding hydrogens is 252 g/mol. The Morgan fingerprint density at radius 1 is 1.47 bits per heavy atom. The highest BCUT2D eigenvalue weighted by Crippen LogP contribution is 2.32. The molecule has 0 aromatic heterocycles. The minimum absolute atomic E-state index is 0.285. The molecule has 1 fully saturated rings. The number of hydrogen-bond acceptors (Lipinski definition) is 3. The van der Waals surface area contributed by atoms with Crippen molar-refractivity contribution in [2.24, 2.45) is 16.9 Å². The van der Waals surface area contributed by atoms with Crippen molar-refractivity contribution in [2.45, 2.75) is 58.6 Å². The van der Waals surface area contributed by atoms with Crippen molar-refractivity contribution in [3.8, 4) is 0 Å². The lowest BCUT2D eigenvalue weighted by Crippen LogP contribution is -2.34. The lowest BCUT2D eigenvalue weighted by molar-refractivity contribution is 0.324. The zero-order valence-electron chi connectivity index (χ0n) is 15.5. The molecule has 112 valence electrons. The first-order valence-corrected chi connectivity index (χ1v) is 10.4. The summed E-state index contributed by atoms with van der Waals surface area (Å²) in [6, 6.07) is -0.285. The van der Waals surface area contributed by atoms with Crippen molar-refractivity contribution in [3.63, 3.8) is 0 Å². The van der Waals surface area contributed by atoms with Gasteiger partial charge in [-0.15, -0.1) is 0 Å². The summed E-state index contributed by atoms with van der Waals surface area (Å²) in [6.07, 6.45) is 3.52. The summed E-state index contributed by atoms with van der Waals surface area (Å²) in [5.41, 5.74) is 0.956. The molecule has 0 aromatic rings. The van der Waals surface area contributed by atoms with E-state index < -0.39 is 14.2 Å². The van der Waals surface area contributed by atoms with Crippen molar-refractivity contribution in [2.75, 3.05) is 20.7 Å². The second kappa shape index (κ2) is 7.43. The van der Waals surface area contributed by atoms with Gasteiger partial charge in [0.25, 0.3) is 0 Å². The Balaban J connectivity index is 2.95. The largest absolute Gasteiger partial charge is 0.418 e.